The van der Waals surface area contributed by atoms with Crippen molar-refractivity contribution in [1.29, 1.82) is 0 Å². The van der Waals surface area contributed by atoms with Crippen molar-refractivity contribution in [1.82, 2.24) is 4.98 Å². The molecule has 0 saturated heterocycles. The molecule has 1 aliphatic heterocycles. The molecular formula is C22H20N2O3S. The molecule has 0 bridgehead atoms. The number of nitrogens with one attached hydrogen (secondary N) is 1. The zero-order valence-electron chi connectivity index (χ0n) is 15.9. The number of anilines is 1. The van der Waals surface area contributed by atoms with E-state index in [1.807, 2.05) is 32.0 Å². The predicted octanol–water partition coefficient (Wildman–Crippen LogP) is 4.55. The average molecular weight is 392 g/mol. The van der Waals surface area contributed by atoms with Crippen LogP contribution in [-0.4, -0.2) is 28.5 Å². The van der Waals surface area contributed by atoms with Crippen molar-refractivity contribution in [3.63, 3.8) is 0 Å². The summed E-state index contributed by atoms with van der Waals surface area (Å²) in [7, 11) is 0. The van der Waals surface area contributed by atoms with Crippen LogP contribution in [0.15, 0.2) is 47.5 Å². The van der Waals surface area contributed by atoms with Gasteiger partial charge in [0.2, 0.25) is 0 Å². The lowest BCUT2D eigenvalue weighted by atomic mass is 10.1. The molecule has 0 saturated carbocycles. The summed E-state index contributed by atoms with van der Waals surface area (Å²) in [6.45, 7) is 5.98. The first kappa shape index (κ1) is 18.5. The van der Waals surface area contributed by atoms with Gasteiger partial charge in [0.1, 0.15) is 5.75 Å². The fraction of sp³-hybridized carbons (Fsp3) is 0.227. The summed E-state index contributed by atoms with van der Waals surface area (Å²) < 4.78 is 5.35. The van der Waals surface area contributed by atoms with Gasteiger partial charge in [-0.15, -0.1) is 0 Å². The molecule has 4 rings (SSSR count). The molecule has 2 aromatic carbocycles. The first-order chi connectivity index (χ1) is 13.4. The summed E-state index contributed by atoms with van der Waals surface area (Å²) in [4.78, 5) is 29.2. The number of Topliss-reactive ketones (excluding diaryl/α,β-unsaturated/α-hetero) is 1. The number of ether oxygens (including phenoxy) is 1. The number of amides is 1. The fourth-order valence-corrected chi connectivity index (χ4v) is 4.29. The lowest BCUT2D eigenvalue weighted by molar-refractivity contribution is -0.118. The molecule has 0 fully saturated rings. The van der Waals surface area contributed by atoms with Gasteiger partial charge in [0.25, 0.3) is 5.91 Å². The van der Waals surface area contributed by atoms with Gasteiger partial charge in [-0.05, 0) is 56.2 Å². The van der Waals surface area contributed by atoms with Crippen LogP contribution in [0.5, 0.6) is 5.75 Å². The smallest absolute Gasteiger partial charge is 0.262 e. The monoisotopic (exact) mass is 392 g/mol. The first-order valence-electron chi connectivity index (χ1n) is 9.07. The normalized spacial score (nSPS) is 14.2. The third-order valence-corrected chi connectivity index (χ3v) is 5.81. The van der Waals surface area contributed by atoms with Crippen molar-refractivity contribution < 1.29 is 14.3 Å². The number of hydrogen-bond donors (Lipinski definition) is 1. The number of carbonyl (C=O) groups excluding carboxylic acids is 2. The van der Waals surface area contributed by atoms with E-state index in [4.69, 9.17) is 9.72 Å². The summed E-state index contributed by atoms with van der Waals surface area (Å²) in [5, 5.41) is 4.39. The standard InChI is InChI=1S/C22H20N2O3S/c1-12-5-4-6-16-13(2)9-20(24-21(12)16)28-14(3)22(26)15-7-8-18-17(10-15)23-19(25)11-27-18/h4-10,14H,11H2,1-3H3,(H,23,25)/t14-/m1/s1. The van der Waals surface area contributed by atoms with E-state index in [1.165, 1.54) is 11.8 Å². The molecule has 6 heteroatoms. The van der Waals surface area contributed by atoms with Gasteiger partial charge in [-0.3, -0.25) is 9.59 Å². The second-order valence-corrected chi connectivity index (χ2v) is 8.28. The number of ketones is 1. The minimum atomic E-state index is -0.313. The van der Waals surface area contributed by atoms with Gasteiger partial charge in [-0.1, -0.05) is 30.0 Å². The van der Waals surface area contributed by atoms with E-state index >= 15 is 0 Å². The van der Waals surface area contributed by atoms with Crippen LogP contribution in [-0.2, 0) is 4.79 Å². The quantitative estimate of drug-likeness (QED) is 0.521. The van der Waals surface area contributed by atoms with Crippen LogP contribution in [0.1, 0.15) is 28.4 Å². The Morgan fingerprint density at radius 2 is 2.00 bits per heavy atom. The van der Waals surface area contributed by atoms with Crippen molar-refractivity contribution in [3.8, 4) is 5.75 Å². The molecule has 5 nitrogen and oxygen atoms in total. The molecule has 1 amide bonds. The highest BCUT2D eigenvalue weighted by Gasteiger charge is 2.22. The van der Waals surface area contributed by atoms with Crippen LogP contribution in [0.3, 0.4) is 0 Å². The van der Waals surface area contributed by atoms with Crippen molar-refractivity contribution in [2.24, 2.45) is 0 Å². The topological polar surface area (TPSA) is 68.3 Å². The molecule has 1 atom stereocenters. The number of pyridine rings is 1. The Bertz CT molecular complexity index is 1110. The third kappa shape index (κ3) is 3.47. The zero-order valence-corrected chi connectivity index (χ0v) is 16.7. The highest BCUT2D eigenvalue weighted by atomic mass is 32.2. The SMILES string of the molecule is Cc1cc(S[C@H](C)C(=O)c2ccc3c(c2)NC(=O)CO3)nc2c(C)cccc12. The van der Waals surface area contributed by atoms with Crippen molar-refractivity contribution >= 4 is 40.0 Å². The molecule has 3 aromatic rings. The van der Waals surface area contributed by atoms with Gasteiger partial charge in [0.05, 0.1) is 21.5 Å². The molecule has 0 aliphatic carbocycles. The fourth-order valence-electron chi connectivity index (χ4n) is 3.30. The summed E-state index contributed by atoms with van der Waals surface area (Å²) in [5.74, 6) is 0.349. The number of para-hydroxylation sites is 1. The van der Waals surface area contributed by atoms with E-state index in [2.05, 4.69) is 18.3 Å². The summed E-state index contributed by atoms with van der Waals surface area (Å²) >= 11 is 1.44. The largest absolute Gasteiger partial charge is 0.482 e. The second kappa shape index (κ2) is 7.28. The van der Waals surface area contributed by atoms with Crippen LogP contribution in [0.4, 0.5) is 5.69 Å². The Labute approximate surface area is 167 Å². The van der Waals surface area contributed by atoms with Gasteiger partial charge in [0, 0.05) is 10.9 Å². The summed E-state index contributed by atoms with van der Waals surface area (Å²) in [5.41, 5.74) is 4.31. The maximum Gasteiger partial charge on any atom is 0.262 e. The lowest BCUT2D eigenvalue weighted by Crippen LogP contribution is -2.25. The van der Waals surface area contributed by atoms with Gasteiger partial charge >= 0.3 is 0 Å². The Balaban J connectivity index is 1.58. The van der Waals surface area contributed by atoms with Gasteiger partial charge < -0.3 is 10.1 Å². The molecule has 0 unspecified atom stereocenters. The highest BCUT2D eigenvalue weighted by molar-refractivity contribution is 8.00. The number of aryl methyl sites for hydroxylation is 2. The Hall–Kier alpha value is -2.86. The van der Waals surface area contributed by atoms with Crippen LogP contribution in [0, 0.1) is 13.8 Å². The third-order valence-electron chi connectivity index (χ3n) is 4.79. The Morgan fingerprint density at radius 3 is 2.82 bits per heavy atom. The molecule has 0 radical (unpaired) electrons. The van der Waals surface area contributed by atoms with Crippen molar-refractivity contribution in [2.45, 2.75) is 31.0 Å². The number of nitrogens with zero attached hydrogens (tertiary/aromatic N) is 1. The molecule has 1 aromatic heterocycles. The predicted molar refractivity (Wildman–Crippen MR) is 111 cm³/mol. The summed E-state index contributed by atoms with van der Waals surface area (Å²) in [6.07, 6.45) is 0. The van der Waals surface area contributed by atoms with Crippen molar-refractivity contribution in [3.05, 3.63) is 59.2 Å². The molecule has 28 heavy (non-hydrogen) atoms. The van der Waals surface area contributed by atoms with Crippen LogP contribution >= 0.6 is 11.8 Å². The van der Waals surface area contributed by atoms with E-state index in [9.17, 15) is 9.59 Å². The first-order valence-corrected chi connectivity index (χ1v) is 9.95. The number of thioether (sulfide) groups is 1. The van der Waals surface area contributed by atoms with E-state index in [0.29, 0.717) is 17.0 Å². The molecule has 2 heterocycles. The Kier molecular flexibility index (Phi) is 4.81. The van der Waals surface area contributed by atoms with Gasteiger partial charge in [0.15, 0.2) is 12.4 Å². The van der Waals surface area contributed by atoms with Gasteiger partial charge in [-0.25, -0.2) is 4.98 Å². The Morgan fingerprint density at radius 1 is 1.18 bits per heavy atom. The van der Waals surface area contributed by atoms with E-state index in [1.54, 1.807) is 18.2 Å². The number of hydrogen-bond acceptors (Lipinski definition) is 5. The maximum atomic E-state index is 12.9. The zero-order chi connectivity index (χ0) is 19.8. The van der Waals surface area contributed by atoms with Crippen molar-refractivity contribution in [2.75, 3.05) is 11.9 Å². The number of carbonyl (C=O) groups is 2. The average Bonchev–Trinajstić information content (AvgIpc) is 2.67. The van der Waals surface area contributed by atoms with Gasteiger partial charge in [-0.2, -0.15) is 0 Å². The molecular weight excluding hydrogens is 372 g/mol. The van der Waals surface area contributed by atoms with Crippen LogP contribution in [0.2, 0.25) is 0 Å². The maximum absolute atomic E-state index is 12.9. The van der Waals surface area contributed by atoms with Crippen LogP contribution in [0.25, 0.3) is 10.9 Å². The van der Waals surface area contributed by atoms with E-state index < -0.39 is 0 Å². The molecule has 0 spiro atoms. The number of fused-ring (bicyclic) bond motifs is 2. The van der Waals surface area contributed by atoms with E-state index in [0.717, 1.165) is 27.1 Å². The summed E-state index contributed by atoms with van der Waals surface area (Å²) in [6, 6.07) is 13.3. The molecule has 142 valence electrons. The highest BCUT2D eigenvalue weighted by Crippen LogP contribution is 2.32. The minimum absolute atomic E-state index is 0.00104. The minimum Gasteiger partial charge on any atom is -0.482 e. The second-order valence-electron chi connectivity index (χ2n) is 6.92. The number of rotatable bonds is 4. The number of aromatic nitrogens is 1. The molecule has 1 N–H and O–H groups in total. The number of benzene rings is 2. The van der Waals surface area contributed by atoms with E-state index in [-0.39, 0.29) is 23.5 Å². The molecule has 1 aliphatic rings. The lowest BCUT2D eigenvalue weighted by Gasteiger charge is -2.19. The van der Waals surface area contributed by atoms with Crippen LogP contribution < -0.4 is 10.1 Å².